The SMILES string of the molecule is CCOC(=O)CN1C(=O)S/C(=C\c2cc(C)n(-c3ccc(N4CCOCC4)cc3)c2C)C1=O. The summed E-state index contributed by atoms with van der Waals surface area (Å²) in [5, 5.41) is -0.466. The molecule has 4 rings (SSSR count). The molecule has 2 fully saturated rings. The second-order valence-electron chi connectivity index (χ2n) is 7.85. The minimum absolute atomic E-state index is 0.199. The molecule has 0 bridgehead atoms. The van der Waals surface area contributed by atoms with Crippen molar-refractivity contribution in [3.8, 4) is 5.69 Å². The number of carbonyl (C=O) groups is 3. The number of nitrogens with zero attached hydrogens (tertiary/aromatic N) is 3. The van der Waals surface area contributed by atoms with Gasteiger partial charge in [0.25, 0.3) is 11.1 Å². The molecule has 8 nitrogen and oxygen atoms in total. The van der Waals surface area contributed by atoms with E-state index >= 15 is 0 Å². The summed E-state index contributed by atoms with van der Waals surface area (Å²) in [6.07, 6.45) is 1.72. The third-order valence-electron chi connectivity index (χ3n) is 5.71. The van der Waals surface area contributed by atoms with Crippen molar-refractivity contribution in [2.24, 2.45) is 0 Å². The van der Waals surface area contributed by atoms with Gasteiger partial charge in [-0.15, -0.1) is 0 Å². The highest BCUT2D eigenvalue weighted by Gasteiger charge is 2.36. The molecule has 2 aromatic rings. The van der Waals surface area contributed by atoms with E-state index in [1.807, 2.05) is 19.9 Å². The Bertz CT molecular complexity index is 1100. The number of anilines is 1. The molecule has 9 heteroatoms. The van der Waals surface area contributed by atoms with Crippen LogP contribution in [0.25, 0.3) is 11.8 Å². The van der Waals surface area contributed by atoms with E-state index in [2.05, 4.69) is 33.7 Å². The van der Waals surface area contributed by atoms with Crippen molar-refractivity contribution >= 4 is 40.6 Å². The molecule has 2 aliphatic rings. The summed E-state index contributed by atoms with van der Waals surface area (Å²) in [5.74, 6) is -1.07. The quantitative estimate of drug-likeness (QED) is 0.473. The van der Waals surface area contributed by atoms with Crippen LogP contribution in [0.1, 0.15) is 23.9 Å². The number of morpholine rings is 1. The Labute approximate surface area is 197 Å². The summed E-state index contributed by atoms with van der Waals surface area (Å²) < 4.78 is 12.4. The smallest absolute Gasteiger partial charge is 0.326 e. The Hall–Kier alpha value is -3.04. The number of thioether (sulfide) groups is 1. The van der Waals surface area contributed by atoms with Crippen molar-refractivity contribution in [3.05, 3.63) is 52.2 Å². The Morgan fingerprint density at radius 1 is 1.12 bits per heavy atom. The van der Waals surface area contributed by atoms with Gasteiger partial charge in [0.2, 0.25) is 0 Å². The Kier molecular flexibility index (Phi) is 6.90. The highest BCUT2D eigenvalue weighted by Crippen LogP contribution is 2.34. The molecule has 0 aliphatic carbocycles. The molecule has 1 aromatic carbocycles. The van der Waals surface area contributed by atoms with Gasteiger partial charge in [-0.25, -0.2) is 0 Å². The van der Waals surface area contributed by atoms with Crippen LogP contribution in [0.4, 0.5) is 10.5 Å². The van der Waals surface area contributed by atoms with E-state index in [1.165, 1.54) is 5.69 Å². The molecule has 0 unspecified atom stereocenters. The van der Waals surface area contributed by atoms with Gasteiger partial charge in [0.1, 0.15) is 6.54 Å². The van der Waals surface area contributed by atoms with Crippen LogP contribution < -0.4 is 4.90 Å². The molecule has 3 heterocycles. The van der Waals surface area contributed by atoms with Crippen molar-refractivity contribution in [1.82, 2.24) is 9.47 Å². The monoisotopic (exact) mass is 469 g/mol. The van der Waals surface area contributed by atoms with Crippen LogP contribution in [0, 0.1) is 13.8 Å². The number of imide groups is 1. The van der Waals surface area contributed by atoms with Crippen LogP contribution in [0.2, 0.25) is 0 Å². The average molecular weight is 470 g/mol. The van der Waals surface area contributed by atoms with Gasteiger partial charge >= 0.3 is 5.97 Å². The Morgan fingerprint density at radius 3 is 2.45 bits per heavy atom. The highest BCUT2D eigenvalue weighted by molar-refractivity contribution is 8.18. The minimum atomic E-state index is -0.597. The molecule has 0 N–H and O–H groups in total. The molecule has 0 atom stereocenters. The number of ether oxygens (including phenoxy) is 2. The molecule has 0 saturated carbocycles. The average Bonchev–Trinajstić information content (AvgIpc) is 3.24. The Morgan fingerprint density at radius 2 is 1.79 bits per heavy atom. The summed E-state index contributed by atoms with van der Waals surface area (Å²) in [6, 6.07) is 10.4. The lowest BCUT2D eigenvalue weighted by atomic mass is 10.2. The first-order chi connectivity index (χ1) is 15.9. The van der Waals surface area contributed by atoms with Gasteiger partial charge in [-0.05, 0) is 74.5 Å². The lowest BCUT2D eigenvalue weighted by molar-refractivity contribution is -0.145. The highest BCUT2D eigenvalue weighted by atomic mass is 32.2. The van der Waals surface area contributed by atoms with Gasteiger partial charge in [-0.1, -0.05) is 0 Å². The Balaban J connectivity index is 1.55. The molecular formula is C24H27N3O5S. The summed E-state index contributed by atoms with van der Waals surface area (Å²) >= 11 is 0.840. The zero-order valence-corrected chi connectivity index (χ0v) is 19.8. The van der Waals surface area contributed by atoms with E-state index in [4.69, 9.17) is 9.47 Å². The number of benzene rings is 1. The van der Waals surface area contributed by atoms with Crippen LogP contribution in [0.3, 0.4) is 0 Å². The summed E-state index contributed by atoms with van der Waals surface area (Å²) in [4.78, 5) is 40.2. The van der Waals surface area contributed by atoms with Gasteiger partial charge in [0, 0.05) is 35.9 Å². The third kappa shape index (κ3) is 4.84. The predicted molar refractivity (Wildman–Crippen MR) is 128 cm³/mol. The fraction of sp³-hybridized carbons (Fsp3) is 0.375. The second kappa shape index (κ2) is 9.84. The minimum Gasteiger partial charge on any atom is -0.465 e. The van der Waals surface area contributed by atoms with E-state index in [0.717, 1.165) is 65.6 Å². The van der Waals surface area contributed by atoms with Crippen LogP contribution in [-0.4, -0.2) is 66.0 Å². The fourth-order valence-corrected chi connectivity index (χ4v) is 4.91. The number of amides is 2. The van der Waals surface area contributed by atoms with Gasteiger partial charge in [-0.3, -0.25) is 19.3 Å². The summed E-state index contributed by atoms with van der Waals surface area (Å²) in [5.41, 5.74) is 5.02. The van der Waals surface area contributed by atoms with Gasteiger partial charge < -0.3 is 18.9 Å². The van der Waals surface area contributed by atoms with Crippen molar-refractivity contribution in [2.45, 2.75) is 20.8 Å². The van der Waals surface area contributed by atoms with Crippen LogP contribution in [0.5, 0.6) is 0 Å². The molecular weight excluding hydrogens is 442 g/mol. The zero-order valence-electron chi connectivity index (χ0n) is 19.0. The lowest BCUT2D eigenvalue weighted by Gasteiger charge is -2.29. The lowest BCUT2D eigenvalue weighted by Crippen LogP contribution is -2.36. The second-order valence-corrected chi connectivity index (χ2v) is 8.84. The maximum absolute atomic E-state index is 12.7. The number of carbonyl (C=O) groups excluding carboxylic acids is 3. The number of hydrogen-bond acceptors (Lipinski definition) is 7. The molecule has 1 aromatic heterocycles. The molecule has 0 radical (unpaired) electrons. The van der Waals surface area contributed by atoms with Crippen molar-refractivity contribution in [1.29, 1.82) is 0 Å². The normalized spacial score (nSPS) is 17.8. The molecule has 174 valence electrons. The topological polar surface area (TPSA) is 81.1 Å². The number of aromatic nitrogens is 1. The zero-order chi connectivity index (χ0) is 23.5. The summed E-state index contributed by atoms with van der Waals surface area (Å²) in [6.45, 7) is 8.75. The maximum Gasteiger partial charge on any atom is 0.326 e. The maximum atomic E-state index is 12.7. The third-order valence-corrected chi connectivity index (χ3v) is 6.61. The summed E-state index contributed by atoms with van der Waals surface area (Å²) in [7, 11) is 0. The van der Waals surface area contributed by atoms with Crippen molar-refractivity contribution in [3.63, 3.8) is 0 Å². The fourth-order valence-electron chi connectivity index (χ4n) is 4.08. The van der Waals surface area contributed by atoms with Gasteiger partial charge in [0.15, 0.2) is 0 Å². The van der Waals surface area contributed by atoms with Gasteiger partial charge in [0.05, 0.1) is 24.7 Å². The van der Waals surface area contributed by atoms with Gasteiger partial charge in [-0.2, -0.15) is 0 Å². The largest absolute Gasteiger partial charge is 0.465 e. The molecule has 2 aliphatic heterocycles. The van der Waals surface area contributed by atoms with Crippen LogP contribution >= 0.6 is 11.8 Å². The molecule has 2 saturated heterocycles. The number of aryl methyl sites for hydroxylation is 1. The van der Waals surface area contributed by atoms with E-state index in [9.17, 15) is 14.4 Å². The van der Waals surface area contributed by atoms with E-state index in [-0.39, 0.29) is 13.2 Å². The standard InChI is InChI=1S/C24H27N3O5S/c1-4-32-22(28)15-26-23(29)21(33-24(26)30)14-18-13-16(2)27(17(18)3)20-7-5-19(6-8-20)25-9-11-31-12-10-25/h5-8,13-14H,4,9-12,15H2,1-3H3/b21-14-. The number of esters is 1. The predicted octanol–water partition coefficient (Wildman–Crippen LogP) is 3.53. The first-order valence-electron chi connectivity index (χ1n) is 10.9. The molecule has 33 heavy (non-hydrogen) atoms. The molecule has 2 amide bonds. The van der Waals surface area contributed by atoms with Crippen molar-refractivity contribution in [2.75, 3.05) is 44.4 Å². The van der Waals surface area contributed by atoms with Crippen LogP contribution in [-0.2, 0) is 19.1 Å². The van der Waals surface area contributed by atoms with Crippen LogP contribution in [0.15, 0.2) is 35.2 Å². The first kappa shape index (κ1) is 23.1. The van der Waals surface area contributed by atoms with E-state index in [0.29, 0.717) is 4.91 Å². The van der Waals surface area contributed by atoms with E-state index < -0.39 is 17.1 Å². The van der Waals surface area contributed by atoms with E-state index in [1.54, 1.807) is 13.0 Å². The first-order valence-corrected chi connectivity index (χ1v) is 11.7. The number of hydrogen-bond donors (Lipinski definition) is 0. The van der Waals surface area contributed by atoms with Crippen molar-refractivity contribution < 1.29 is 23.9 Å². The molecule has 0 spiro atoms. The number of rotatable bonds is 6.